The van der Waals surface area contributed by atoms with Crippen LogP contribution in [0, 0.1) is 0 Å². The summed E-state index contributed by atoms with van der Waals surface area (Å²) >= 11 is 0. The highest BCUT2D eigenvalue weighted by Gasteiger charge is 2.56. The van der Waals surface area contributed by atoms with Crippen LogP contribution in [0.4, 0.5) is 0 Å². The third-order valence-electron chi connectivity index (χ3n) is 5.95. The highest BCUT2D eigenvalue weighted by Crippen LogP contribution is 2.39. The average molecular weight is 329 g/mol. The summed E-state index contributed by atoms with van der Waals surface area (Å²) in [5.41, 5.74) is 0.787. The van der Waals surface area contributed by atoms with Gasteiger partial charge in [0, 0.05) is 50.4 Å². The molecule has 3 aliphatic rings. The summed E-state index contributed by atoms with van der Waals surface area (Å²) in [6.07, 6.45) is 0.522. The van der Waals surface area contributed by atoms with Crippen LogP contribution in [0.3, 0.4) is 0 Å². The maximum atomic E-state index is 12.9. The zero-order valence-electron chi connectivity index (χ0n) is 14.6. The molecule has 0 unspecified atom stereocenters. The SMILES string of the molecule is CC(C)N1CC2(CN(C(=O)c3ccccc3)C[C@@H]3C[C@@H](O)CN32)C1. The van der Waals surface area contributed by atoms with E-state index in [0.717, 1.165) is 44.7 Å². The Morgan fingerprint density at radius 1 is 1.17 bits per heavy atom. The predicted octanol–water partition coefficient (Wildman–Crippen LogP) is 1.04. The van der Waals surface area contributed by atoms with Crippen LogP contribution in [-0.4, -0.2) is 82.2 Å². The van der Waals surface area contributed by atoms with E-state index in [1.54, 1.807) is 0 Å². The Labute approximate surface area is 143 Å². The zero-order chi connectivity index (χ0) is 16.9. The maximum absolute atomic E-state index is 12.9. The number of aliphatic hydroxyl groups excluding tert-OH is 1. The Morgan fingerprint density at radius 3 is 2.54 bits per heavy atom. The summed E-state index contributed by atoms with van der Waals surface area (Å²) in [4.78, 5) is 19.9. The molecule has 1 N–H and O–H groups in total. The summed E-state index contributed by atoms with van der Waals surface area (Å²) in [6.45, 7) is 8.68. The van der Waals surface area contributed by atoms with Gasteiger partial charge < -0.3 is 10.0 Å². The molecule has 3 saturated heterocycles. The first-order valence-corrected chi connectivity index (χ1v) is 9.02. The van der Waals surface area contributed by atoms with Crippen LogP contribution < -0.4 is 0 Å². The van der Waals surface area contributed by atoms with E-state index in [2.05, 4.69) is 23.6 Å². The van der Waals surface area contributed by atoms with Crippen LogP contribution in [0.1, 0.15) is 30.6 Å². The highest BCUT2D eigenvalue weighted by molar-refractivity contribution is 5.94. The molecule has 3 fully saturated rings. The summed E-state index contributed by atoms with van der Waals surface area (Å²) in [5.74, 6) is 0.124. The number of rotatable bonds is 2. The quantitative estimate of drug-likeness (QED) is 0.881. The van der Waals surface area contributed by atoms with Gasteiger partial charge in [-0.3, -0.25) is 14.6 Å². The van der Waals surface area contributed by atoms with Gasteiger partial charge in [0.25, 0.3) is 5.91 Å². The monoisotopic (exact) mass is 329 g/mol. The minimum Gasteiger partial charge on any atom is -0.392 e. The van der Waals surface area contributed by atoms with Gasteiger partial charge in [-0.15, -0.1) is 0 Å². The molecule has 5 heteroatoms. The van der Waals surface area contributed by atoms with E-state index in [4.69, 9.17) is 0 Å². The Balaban J connectivity index is 1.57. The van der Waals surface area contributed by atoms with E-state index >= 15 is 0 Å². The molecule has 1 aromatic rings. The second kappa shape index (κ2) is 5.83. The first-order chi connectivity index (χ1) is 11.5. The van der Waals surface area contributed by atoms with Gasteiger partial charge in [-0.25, -0.2) is 0 Å². The molecule has 0 aromatic heterocycles. The summed E-state index contributed by atoms with van der Waals surface area (Å²) in [5, 5.41) is 10.2. The molecule has 1 spiro atoms. The number of hydrogen-bond acceptors (Lipinski definition) is 4. The van der Waals surface area contributed by atoms with E-state index in [-0.39, 0.29) is 23.6 Å². The number of carbonyl (C=O) groups excluding carboxylic acids is 1. The van der Waals surface area contributed by atoms with Gasteiger partial charge in [0.1, 0.15) is 0 Å². The third kappa shape index (κ3) is 2.55. The van der Waals surface area contributed by atoms with Crippen molar-refractivity contribution in [3.05, 3.63) is 35.9 Å². The van der Waals surface area contributed by atoms with Crippen LogP contribution in [0.15, 0.2) is 30.3 Å². The zero-order valence-corrected chi connectivity index (χ0v) is 14.6. The molecule has 3 aliphatic heterocycles. The Bertz CT molecular complexity index is 612. The summed E-state index contributed by atoms with van der Waals surface area (Å²) in [7, 11) is 0. The number of amides is 1. The summed E-state index contributed by atoms with van der Waals surface area (Å²) < 4.78 is 0. The van der Waals surface area contributed by atoms with Crippen LogP contribution in [-0.2, 0) is 0 Å². The lowest BCUT2D eigenvalue weighted by atomic mass is 9.82. The van der Waals surface area contributed by atoms with Crippen LogP contribution in [0.5, 0.6) is 0 Å². The molecule has 2 atom stereocenters. The Morgan fingerprint density at radius 2 is 1.88 bits per heavy atom. The molecular weight excluding hydrogens is 302 g/mol. The van der Waals surface area contributed by atoms with Gasteiger partial charge in [-0.05, 0) is 32.4 Å². The molecule has 3 heterocycles. The number of hydrogen-bond donors (Lipinski definition) is 1. The molecule has 130 valence electrons. The minimum atomic E-state index is -0.258. The van der Waals surface area contributed by atoms with Crippen LogP contribution in [0.2, 0.25) is 0 Å². The van der Waals surface area contributed by atoms with Gasteiger partial charge in [-0.2, -0.15) is 0 Å². The van der Waals surface area contributed by atoms with Crippen molar-refractivity contribution in [1.82, 2.24) is 14.7 Å². The van der Waals surface area contributed by atoms with E-state index in [1.165, 1.54) is 0 Å². The normalized spacial score (nSPS) is 29.8. The minimum absolute atomic E-state index is 0.0229. The van der Waals surface area contributed by atoms with Crippen molar-refractivity contribution >= 4 is 5.91 Å². The largest absolute Gasteiger partial charge is 0.392 e. The van der Waals surface area contributed by atoms with E-state index < -0.39 is 0 Å². The Hall–Kier alpha value is -1.43. The second-order valence-electron chi connectivity index (χ2n) is 7.97. The van der Waals surface area contributed by atoms with Crippen molar-refractivity contribution in [3.63, 3.8) is 0 Å². The molecule has 0 aliphatic carbocycles. The molecule has 1 amide bonds. The first-order valence-electron chi connectivity index (χ1n) is 9.02. The number of likely N-dealkylation sites (tertiary alicyclic amines) is 1. The smallest absolute Gasteiger partial charge is 0.253 e. The van der Waals surface area contributed by atoms with Crippen molar-refractivity contribution < 1.29 is 9.90 Å². The molecule has 0 bridgehead atoms. The molecular formula is C19H27N3O2. The van der Waals surface area contributed by atoms with Crippen molar-refractivity contribution in [1.29, 1.82) is 0 Å². The third-order valence-corrected chi connectivity index (χ3v) is 5.95. The first kappa shape index (κ1) is 16.1. The second-order valence-corrected chi connectivity index (χ2v) is 7.97. The topological polar surface area (TPSA) is 47.0 Å². The van der Waals surface area contributed by atoms with E-state index in [1.807, 2.05) is 35.2 Å². The highest BCUT2D eigenvalue weighted by atomic mass is 16.3. The summed E-state index contributed by atoms with van der Waals surface area (Å²) in [6, 6.07) is 10.4. The van der Waals surface area contributed by atoms with Crippen molar-refractivity contribution in [2.24, 2.45) is 0 Å². The van der Waals surface area contributed by atoms with Crippen LogP contribution in [0.25, 0.3) is 0 Å². The fraction of sp³-hybridized carbons (Fsp3) is 0.632. The average Bonchev–Trinajstić information content (AvgIpc) is 2.92. The van der Waals surface area contributed by atoms with E-state index in [9.17, 15) is 9.90 Å². The Kier molecular flexibility index (Phi) is 3.90. The van der Waals surface area contributed by atoms with Gasteiger partial charge in [0.2, 0.25) is 0 Å². The van der Waals surface area contributed by atoms with Gasteiger partial charge in [0.05, 0.1) is 11.6 Å². The van der Waals surface area contributed by atoms with Crippen molar-refractivity contribution in [3.8, 4) is 0 Å². The molecule has 4 rings (SSSR count). The molecule has 0 radical (unpaired) electrons. The number of β-amino-alcohol motifs (C(OH)–C–C–N with tert-alkyl or cyclic N) is 1. The number of nitrogens with zero attached hydrogens (tertiary/aromatic N) is 3. The van der Waals surface area contributed by atoms with Crippen LogP contribution >= 0.6 is 0 Å². The number of piperazine rings is 1. The molecule has 5 nitrogen and oxygen atoms in total. The predicted molar refractivity (Wildman–Crippen MR) is 92.9 cm³/mol. The number of benzene rings is 1. The molecule has 0 saturated carbocycles. The standard InChI is InChI=1S/C19H27N3O2/c1-14(2)21-12-19(13-21)11-20(9-16-8-17(23)10-22(16)19)18(24)15-6-4-3-5-7-15/h3-7,14,16-17,23H,8-13H2,1-2H3/t16-,17+/m0/s1. The fourth-order valence-electron chi connectivity index (χ4n) is 4.69. The lowest BCUT2D eigenvalue weighted by Gasteiger charge is -2.62. The molecule has 1 aromatic carbocycles. The van der Waals surface area contributed by atoms with Crippen molar-refractivity contribution in [2.75, 3.05) is 32.7 Å². The van der Waals surface area contributed by atoms with Gasteiger partial charge in [0.15, 0.2) is 0 Å². The van der Waals surface area contributed by atoms with Crippen molar-refractivity contribution in [2.45, 2.75) is 44.0 Å². The number of fused-ring (bicyclic) bond motifs is 2. The maximum Gasteiger partial charge on any atom is 0.253 e. The number of aliphatic hydroxyl groups is 1. The fourth-order valence-corrected chi connectivity index (χ4v) is 4.69. The van der Waals surface area contributed by atoms with Gasteiger partial charge >= 0.3 is 0 Å². The lowest BCUT2D eigenvalue weighted by Crippen LogP contribution is -2.79. The lowest BCUT2D eigenvalue weighted by molar-refractivity contribution is -0.115. The molecule has 24 heavy (non-hydrogen) atoms. The van der Waals surface area contributed by atoms with E-state index in [0.29, 0.717) is 6.04 Å². The number of carbonyl (C=O) groups is 1. The van der Waals surface area contributed by atoms with Gasteiger partial charge in [-0.1, -0.05) is 18.2 Å².